The minimum atomic E-state index is -0.867. The summed E-state index contributed by atoms with van der Waals surface area (Å²) in [5, 5.41) is 3.17. The van der Waals surface area contributed by atoms with E-state index in [1.165, 1.54) is 4.57 Å². The van der Waals surface area contributed by atoms with Gasteiger partial charge in [0, 0.05) is 10.5 Å². The van der Waals surface area contributed by atoms with Gasteiger partial charge in [-0.05, 0) is 48.5 Å². The third kappa shape index (κ3) is 4.67. The molecule has 0 bridgehead atoms. The summed E-state index contributed by atoms with van der Waals surface area (Å²) in [6.45, 7) is 0. The van der Waals surface area contributed by atoms with Crippen LogP contribution in [0.3, 0.4) is 0 Å². The molecule has 0 radical (unpaired) electrons. The third-order valence-corrected chi connectivity index (χ3v) is 5.83. The van der Waals surface area contributed by atoms with Gasteiger partial charge in [-0.25, -0.2) is 13.8 Å². The molecule has 0 atom stereocenters. The molecule has 0 fully saturated rings. The Morgan fingerprint density at radius 3 is 2.55 bits per heavy atom. The summed E-state index contributed by atoms with van der Waals surface area (Å²) >= 11 is 4.41. The second kappa shape index (κ2) is 8.99. The SMILES string of the molecule is O=C(CSc1nc2ccccc2c(=O)n1-c1ccc(Br)cc1)Nc1ccc(F)cc1F. The van der Waals surface area contributed by atoms with E-state index in [2.05, 4.69) is 26.2 Å². The number of nitrogens with zero attached hydrogens (tertiary/aromatic N) is 2. The summed E-state index contributed by atoms with van der Waals surface area (Å²) in [4.78, 5) is 30.1. The number of benzene rings is 3. The van der Waals surface area contributed by atoms with Crippen LogP contribution in [0.5, 0.6) is 0 Å². The van der Waals surface area contributed by atoms with Gasteiger partial charge in [0.1, 0.15) is 11.6 Å². The predicted octanol–water partition coefficient (Wildman–Crippen LogP) is 5.16. The van der Waals surface area contributed by atoms with Crippen molar-refractivity contribution >= 4 is 50.2 Å². The van der Waals surface area contributed by atoms with E-state index in [-0.39, 0.29) is 17.0 Å². The molecule has 1 amide bonds. The first kappa shape index (κ1) is 21.2. The fourth-order valence-corrected chi connectivity index (χ4v) is 4.01. The summed E-state index contributed by atoms with van der Waals surface area (Å²) in [5.74, 6) is -2.24. The average molecular weight is 502 g/mol. The molecule has 1 heterocycles. The molecule has 1 aromatic heterocycles. The number of halogens is 3. The standard InChI is InChI=1S/C22H14BrF2N3O2S/c23-13-5-8-15(9-6-13)28-21(30)16-3-1-2-4-18(16)27-22(28)31-12-20(29)26-19-10-7-14(24)11-17(19)25/h1-11H,12H2,(H,26,29). The van der Waals surface area contributed by atoms with Gasteiger partial charge in [0.2, 0.25) is 5.91 Å². The zero-order chi connectivity index (χ0) is 22.0. The van der Waals surface area contributed by atoms with E-state index in [9.17, 15) is 18.4 Å². The van der Waals surface area contributed by atoms with Crippen LogP contribution in [0.1, 0.15) is 0 Å². The first-order valence-corrected chi connectivity index (χ1v) is 10.9. The lowest BCUT2D eigenvalue weighted by Gasteiger charge is -2.13. The summed E-state index contributed by atoms with van der Waals surface area (Å²) in [5.41, 5.74) is 0.719. The Bertz CT molecular complexity index is 1340. The van der Waals surface area contributed by atoms with Crippen LogP contribution in [0.2, 0.25) is 0 Å². The molecule has 31 heavy (non-hydrogen) atoms. The van der Waals surface area contributed by atoms with E-state index in [1.54, 1.807) is 48.5 Å². The maximum absolute atomic E-state index is 13.8. The van der Waals surface area contributed by atoms with Crippen molar-refractivity contribution in [3.63, 3.8) is 0 Å². The minimum absolute atomic E-state index is 0.122. The highest BCUT2D eigenvalue weighted by Gasteiger charge is 2.15. The van der Waals surface area contributed by atoms with Crippen LogP contribution in [0, 0.1) is 11.6 Å². The van der Waals surface area contributed by atoms with Crippen molar-refractivity contribution in [2.24, 2.45) is 0 Å². The topological polar surface area (TPSA) is 64.0 Å². The molecule has 0 saturated heterocycles. The maximum Gasteiger partial charge on any atom is 0.266 e. The number of anilines is 1. The molecule has 3 aromatic carbocycles. The number of thioether (sulfide) groups is 1. The Balaban J connectivity index is 1.66. The number of carbonyl (C=O) groups is 1. The Morgan fingerprint density at radius 2 is 1.81 bits per heavy atom. The van der Waals surface area contributed by atoms with Crippen molar-refractivity contribution in [1.82, 2.24) is 9.55 Å². The van der Waals surface area contributed by atoms with Crippen LogP contribution in [-0.2, 0) is 4.79 Å². The fourth-order valence-electron chi connectivity index (χ4n) is 2.93. The molecule has 0 spiro atoms. The number of nitrogens with one attached hydrogen (secondary N) is 1. The molecule has 0 unspecified atom stereocenters. The monoisotopic (exact) mass is 501 g/mol. The van der Waals surface area contributed by atoms with Crippen molar-refractivity contribution in [3.8, 4) is 5.69 Å². The second-order valence-corrected chi connectivity index (χ2v) is 8.35. The first-order chi connectivity index (χ1) is 14.9. The van der Waals surface area contributed by atoms with Gasteiger partial charge in [0.15, 0.2) is 5.16 Å². The van der Waals surface area contributed by atoms with E-state index < -0.39 is 17.5 Å². The fraction of sp³-hybridized carbons (Fsp3) is 0.0455. The summed E-state index contributed by atoms with van der Waals surface area (Å²) in [7, 11) is 0. The normalized spacial score (nSPS) is 10.9. The van der Waals surface area contributed by atoms with E-state index in [1.807, 2.05) is 0 Å². The van der Waals surface area contributed by atoms with Gasteiger partial charge >= 0.3 is 0 Å². The molecule has 9 heteroatoms. The van der Waals surface area contributed by atoms with Gasteiger partial charge in [-0.2, -0.15) is 0 Å². The lowest BCUT2D eigenvalue weighted by Crippen LogP contribution is -2.23. The zero-order valence-corrected chi connectivity index (χ0v) is 18.2. The number of aromatic nitrogens is 2. The smallest absolute Gasteiger partial charge is 0.266 e. The lowest BCUT2D eigenvalue weighted by atomic mass is 10.2. The molecule has 5 nitrogen and oxygen atoms in total. The van der Waals surface area contributed by atoms with E-state index in [0.717, 1.165) is 28.4 Å². The number of hydrogen-bond acceptors (Lipinski definition) is 4. The van der Waals surface area contributed by atoms with Crippen molar-refractivity contribution in [1.29, 1.82) is 0 Å². The van der Waals surface area contributed by atoms with E-state index >= 15 is 0 Å². The number of hydrogen-bond donors (Lipinski definition) is 1. The first-order valence-electron chi connectivity index (χ1n) is 9.08. The Kier molecular flexibility index (Phi) is 6.15. The molecule has 4 aromatic rings. The summed E-state index contributed by atoms with van der Waals surface area (Å²) < 4.78 is 29.1. The molecular formula is C22H14BrF2N3O2S. The molecule has 0 aliphatic carbocycles. The minimum Gasteiger partial charge on any atom is -0.323 e. The molecule has 0 aliphatic rings. The number of carbonyl (C=O) groups excluding carboxylic acids is 1. The Morgan fingerprint density at radius 1 is 1.06 bits per heavy atom. The number of para-hydroxylation sites is 1. The highest BCUT2D eigenvalue weighted by Crippen LogP contribution is 2.23. The lowest BCUT2D eigenvalue weighted by molar-refractivity contribution is -0.113. The van der Waals surface area contributed by atoms with Gasteiger partial charge in [0.05, 0.1) is 28.0 Å². The third-order valence-electron chi connectivity index (χ3n) is 4.37. The van der Waals surface area contributed by atoms with Gasteiger partial charge in [-0.1, -0.05) is 39.8 Å². The van der Waals surface area contributed by atoms with Crippen LogP contribution in [0.15, 0.2) is 81.2 Å². The molecule has 156 valence electrons. The average Bonchev–Trinajstić information content (AvgIpc) is 2.75. The number of fused-ring (bicyclic) bond motifs is 1. The van der Waals surface area contributed by atoms with Crippen molar-refractivity contribution in [2.45, 2.75) is 5.16 Å². The Labute approximate surface area is 188 Å². The van der Waals surface area contributed by atoms with Crippen molar-refractivity contribution in [2.75, 3.05) is 11.1 Å². The number of amides is 1. The van der Waals surface area contributed by atoms with Crippen LogP contribution < -0.4 is 10.9 Å². The van der Waals surface area contributed by atoms with Crippen LogP contribution in [0.4, 0.5) is 14.5 Å². The van der Waals surface area contributed by atoms with E-state index in [0.29, 0.717) is 27.8 Å². The zero-order valence-electron chi connectivity index (χ0n) is 15.8. The molecule has 4 rings (SSSR count). The highest BCUT2D eigenvalue weighted by atomic mass is 79.9. The number of rotatable bonds is 5. The maximum atomic E-state index is 13.8. The van der Waals surface area contributed by atoms with Gasteiger partial charge in [-0.15, -0.1) is 0 Å². The van der Waals surface area contributed by atoms with Gasteiger partial charge in [-0.3, -0.25) is 14.2 Å². The largest absolute Gasteiger partial charge is 0.323 e. The van der Waals surface area contributed by atoms with Crippen LogP contribution in [-0.4, -0.2) is 21.2 Å². The second-order valence-electron chi connectivity index (χ2n) is 6.49. The highest BCUT2D eigenvalue weighted by molar-refractivity contribution is 9.10. The van der Waals surface area contributed by atoms with Crippen molar-refractivity contribution < 1.29 is 13.6 Å². The Hall–Kier alpha value is -3.04. The predicted molar refractivity (Wildman–Crippen MR) is 121 cm³/mol. The molecule has 0 saturated carbocycles. The van der Waals surface area contributed by atoms with Gasteiger partial charge < -0.3 is 5.32 Å². The van der Waals surface area contributed by atoms with Crippen LogP contribution >= 0.6 is 27.7 Å². The van der Waals surface area contributed by atoms with E-state index in [4.69, 9.17) is 0 Å². The molecule has 0 aliphatic heterocycles. The van der Waals surface area contributed by atoms with Crippen LogP contribution in [0.25, 0.3) is 16.6 Å². The van der Waals surface area contributed by atoms with Gasteiger partial charge in [0.25, 0.3) is 5.56 Å². The molecular weight excluding hydrogens is 488 g/mol. The quantitative estimate of drug-likeness (QED) is 0.303. The van der Waals surface area contributed by atoms with Crippen molar-refractivity contribution in [3.05, 3.63) is 93.2 Å². The summed E-state index contributed by atoms with van der Waals surface area (Å²) in [6, 6.07) is 17.0. The summed E-state index contributed by atoms with van der Waals surface area (Å²) in [6.07, 6.45) is 0. The molecule has 1 N–H and O–H groups in total.